The van der Waals surface area contributed by atoms with Crippen LogP contribution >= 0.6 is 0 Å². The van der Waals surface area contributed by atoms with Gasteiger partial charge in [-0.25, -0.2) is 4.98 Å². The van der Waals surface area contributed by atoms with Gasteiger partial charge in [0.2, 0.25) is 5.78 Å². The predicted octanol–water partition coefficient (Wildman–Crippen LogP) is 4.29. The molecule has 0 N–H and O–H groups in total. The van der Waals surface area contributed by atoms with Crippen LogP contribution in [0.5, 0.6) is 0 Å². The lowest BCUT2D eigenvalue weighted by molar-refractivity contribution is 0.104. The summed E-state index contributed by atoms with van der Waals surface area (Å²) in [6, 6.07) is 19.7. The van der Waals surface area contributed by atoms with E-state index in [9.17, 15) is 4.79 Å². The fourth-order valence-corrected chi connectivity index (χ4v) is 2.47. The van der Waals surface area contributed by atoms with Crippen LogP contribution in [0.4, 0.5) is 0 Å². The van der Waals surface area contributed by atoms with Gasteiger partial charge in [0.25, 0.3) is 0 Å². The lowest BCUT2D eigenvalue weighted by Gasteiger charge is -2.02. The van der Waals surface area contributed by atoms with Gasteiger partial charge in [-0.1, -0.05) is 66.7 Å². The number of imidazole rings is 1. The Bertz CT molecular complexity index is 846. The third-order valence-corrected chi connectivity index (χ3v) is 3.87. The van der Waals surface area contributed by atoms with Gasteiger partial charge >= 0.3 is 0 Å². The monoisotopic (exact) mass is 302 g/mol. The standard InChI is InChI=1S/C20H18N2O/c1-15-19(18(23)14-13-16-9-5-3-6-10-16)21-20(22(15)2)17-11-7-4-8-12-17/h3-14H,1-2H3/b14-13+. The predicted molar refractivity (Wildman–Crippen MR) is 93.2 cm³/mol. The van der Waals surface area contributed by atoms with Crippen molar-refractivity contribution < 1.29 is 4.79 Å². The van der Waals surface area contributed by atoms with E-state index in [0.717, 1.165) is 22.6 Å². The van der Waals surface area contributed by atoms with Gasteiger partial charge in [-0.05, 0) is 18.6 Å². The summed E-state index contributed by atoms with van der Waals surface area (Å²) in [4.78, 5) is 17.0. The van der Waals surface area contributed by atoms with Gasteiger partial charge in [0.05, 0.1) is 0 Å². The second-order valence-electron chi connectivity index (χ2n) is 5.40. The van der Waals surface area contributed by atoms with Gasteiger partial charge < -0.3 is 4.57 Å². The smallest absolute Gasteiger partial charge is 0.206 e. The van der Waals surface area contributed by atoms with E-state index in [2.05, 4.69) is 4.98 Å². The van der Waals surface area contributed by atoms with E-state index < -0.39 is 0 Å². The summed E-state index contributed by atoms with van der Waals surface area (Å²) in [5.74, 6) is 0.726. The Kier molecular flexibility index (Phi) is 4.20. The molecule has 23 heavy (non-hydrogen) atoms. The zero-order chi connectivity index (χ0) is 16.2. The minimum absolute atomic E-state index is 0.0795. The molecule has 0 radical (unpaired) electrons. The molecule has 3 aromatic rings. The first-order valence-electron chi connectivity index (χ1n) is 7.53. The van der Waals surface area contributed by atoms with Crippen LogP contribution in [0.1, 0.15) is 21.7 Å². The summed E-state index contributed by atoms with van der Waals surface area (Å²) >= 11 is 0. The highest BCUT2D eigenvalue weighted by atomic mass is 16.1. The molecular weight excluding hydrogens is 284 g/mol. The van der Waals surface area contributed by atoms with Crippen molar-refractivity contribution >= 4 is 11.9 Å². The number of aromatic nitrogens is 2. The highest BCUT2D eigenvalue weighted by Crippen LogP contribution is 2.21. The van der Waals surface area contributed by atoms with Crippen LogP contribution in [0.15, 0.2) is 66.7 Å². The van der Waals surface area contributed by atoms with E-state index in [-0.39, 0.29) is 5.78 Å². The fourth-order valence-electron chi connectivity index (χ4n) is 2.47. The number of benzene rings is 2. The maximum atomic E-state index is 12.5. The van der Waals surface area contributed by atoms with E-state index >= 15 is 0 Å². The topological polar surface area (TPSA) is 34.9 Å². The van der Waals surface area contributed by atoms with Crippen molar-refractivity contribution in [1.82, 2.24) is 9.55 Å². The van der Waals surface area contributed by atoms with Crippen LogP contribution in [0.2, 0.25) is 0 Å². The summed E-state index contributed by atoms with van der Waals surface area (Å²) in [5.41, 5.74) is 3.37. The van der Waals surface area contributed by atoms with E-state index in [4.69, 9.17) is 0 Å². The normalized spacial score (nSPS) is 11.0. The van der Waals surface area contributed by atoms with Crippen molar-refractivity contribution in [3.63, 3.8) is 0 Å². The number of ketones is 1. The molecule has 0 atom stereocenters. The van der Waals surface area contributed by atoms with E-state index in [1.54, 1.807) is 6.08 Å². The van der Waals surface area contributed by atoms with E-state index in [0.29, 0.717) is 5.69 Å². The highest BCUT2D eigenvalue weighted by Gasteiger charge is 2.16. The second-order valence-corrected chi connectivity index (χ2v) is 5.40. The van der Waals surface area contributed by atoms with Crippen LogP contribution in [-0.2, 0) is 7.05 Å². The first kappa shape index (κ1) is 15.0. The van der Waals surface area contributed by atoms with Gasteiger partial charge in [0, 0.05) is 18.3 Å². The lowest BCUT2D eigenvalue weighted by Crippen LogP contribution is -1.99. The van der Waals surface area contributed by atoms with Crippen LogP contribution in [-0.4, -0.2) is 15.3 Å². The van der Waals surface area contributed by atoms with Crippen molar-refractivity contribution in [2.24, 2.45) is 7.05 Å². The molecular formula is C20H18N2O. The molecule has 3 heteroatoms. The van der Waals surface area contributed by atoms with Crippen LogP contribution in [0, 0.1) is 6.92 Å². The summed E-state index contributed by atoms with van der Waals surface area (Å²) in [6.45, 7) is 1.92. The summed E-state index contributed by atoms with van der Waals surface area (Å²) in [7, 11) is 1.93. The van der Waals surface area contributed by atoms with Gasteiger partial charge in [-0.15, -0.1) is 0 Å². The summed E-state index contributed by atoms with van der Waals surface area (Å²) in [5, 5.41) is 0. The molecule has 0 amide bonds. The Morgan fingerprint density at radius 1 is 1.00 bits per heavy atom. The third-order valence-electron chi connectivity index (χ3n) is 3.87. The maximum absolute atomic E-state index is 12.5. The Morgan fingerprint density at radius 2 is 1.61 bits per heavy atom. The largest absolute Gasteiger partial charge is 0.331 e. The molecule has 114 valence electrons. The molecule has 3 nitrogen and oxygen atoms in total. The highest BCUT2D eigenvalue weighted by molar-refractivity contribution is 6.06. The van der Waals surface area contributed by atoms with Crippen molar-refractivity contribution in [3.05, 3.63) is 83.7 Å². The summed E-state index contributed by atoms with van der Waals surface area (Å²) in [6.07, 6.45) is 3.40. The number of hydrogen-bond acceptors (Lipinski definition) is 2. The Hall–Kier alpha value is -2.94. The first-order chi connectivity index (χ1) is 11.2. The molecule has 0 bridgehead atoms. The third kappa shape index (κ3) is 3.14. The quantitative estimate of drug-likeness (QED) is 0.532. The lowest BCUT2D eigenvalue weighted by atomic mass is 10.1. The maximum Gasteiger partial charge on any atom is 0.206 e. The number of carbonyl (C=O) groups is 1. The van der Waals surface area contributed by atoms with Gasteiger partial charge in [-0.3, -0.25) is 4.79 Å². The number of carbonyl (C=O) groups excluding carboxylic acids is 1. The molecule has 1 aromatic heterocycles. The molecule has 0 aliphatic carbocycles. The number of nitrogens with zero attached hydrogens (tertiary/aromatic N) is 2. The molecule has 0 saturated heterocycles. The molecule has 0 aliphatic heterocycles. The average Bonchev–Trinajstić information content (AvgIpc) is 2.90. The van der Waals surface area contributed by atoms with E-state index in [1.165, 1.54) is 0 Å². The Morgan fingerprint density at radius 3 is 2.26 bits per heavy atom. The molecule has 0 aliphatic rings. The molecule has 2 aromatic carbocycles. The van der Waals surface area contributed by atoms with Crippen molar-refractivity contribution in [2.75, 3.05) is 0 Å². The van der Waals surface area contributed by atoms with Gasteiger partial charge in [-0.2, -0.15) is 0 Å². The molecule has 0 saturated carbocycles. The average molecular weight is 302 g/mol. The molecule has 3 rings (SSSR count). The van der Waals surface area contributed by atoms with Crippen LogP contribution in [0.3, 0.4) is 0 Å². The first-order valence-corrected chi connectivity index (χ1v) is 7.53. The number of rotatable bonds is 4. The summed E-state index contributed by atoms with van der Waals surface area (Å²) < 4.78 is 1.96. The van der Waals surface area contributed by atoms with Crippen molar-refractivity contribution in [1.29, 1.82) is 0 Å². The molecule has 0 fully saturated rings. The minimum atomic E-state index is -0.0795. The van der Waals surface area contributed by atoms with Crippen LogP contribution in [0.25, 0.3) is 17.5 Å². The zero-order valence-corrected chi connectivity index (χ0v) is 13.2. The van der Waals surface area contributed by atoms with E-state index in [1.807, 2.05) is 85.3 Å². The molecule has 1 heterocycles. The van der Waals surface area contributed by atoms with Crippen LogP contribution < -0.4 is 0 Å². The van der Waals surface area contributed by atoms with Crippen molar-refractivity contribution in [2.45, 2.75) is 6.92 Å². The Balaban J connectivity index is 1.92. The van der Waals surface area contributed by atoms with Gasteiger partial charge in [0.1, 0.15) is 11.5 Å². The van der Waals surface area contributed by atoms with Crippen molar-refractivity contribution in [3.8, 4) is 11.4 Å². The SMILES string of the molecule is Cc1c(C(=O)/C=C/c2ccccc2)nc(-c2ccccc2)n1C. The fraction of sp³-hybridized carbons (Fsp3) is 0.100. The van der Waals surface area contributed by atoms with Gasteiger partial charge in [0.15, 0.2) is 0 Å². The second kappa shape index (κ2) is 6.44. The molecule has 0 unspecified atom stereocenters. The molecule has 0 spiro atoms. The Labute approximate surface area is 135 Å². The number of allylic oxidation sites excluding steroid dienone is 1. The number of hydrogen-bond donors (Lipinski definition) is 0. The zero-order valence-electron chi connectivity index (χ0n) is 13.2. The minimum Gasteiger partial charge on any atom is -0.331 e.